The standard InChI is InChI=1S/C18H19NO4S/c20-18(23-13-11-15-5-2-1-3-6-15)16-7-9-17(10-8-16)19-12-4-14-24(19,21)22/h1-3,5-10H,4,11-14H2. The Morgan fingerprint density at radius 1 is 1.04 bits per heavy atom. The fourth-order valence-electron chi connectivity index (χ4n) is 2.68. The Hall–Kier alpha value is -2.34. The maximum absolute atomic E-state index is 12.0. The summed E-state index contributed by atoms with van der Waals surface area (Å²) in [5.41, 5.74) is 2.12. The quantitative estimate of drug-likeness (QED) is 0.782. The summed E-state index contributed by atoms with van der Waals surface area (Å²) in [5.74, 6) is -0.224. The second kappa shape index (κ2) is 7.05. The number of carbonyl (C=O) groups is 1. The van der Waals surface area contributed by atoms with Gasteiger partial charge in [0, 0.05) is 13.0 Å². The summed E-state index contributed by atoms with van der Waals surface area (Å²) in [5, 5.41) is 0. The van der Waals surface area contributed by atoms with Crippen LogP contribution >= 0.6 is 0 Å². The molecule has 1 saturated heterocycles. The number of rotatable bonds is 5. The highest BCUT2D eigenvalue weighted by molar-refractivity contribution is 7.93. The predicted molar refractivity (Wildman–Crippen MR) is 92.6 cm³/mol. The molecule has 1 heterocycles. The fraction of sp³-hybridized carbons (Fsp3) is 0.278. The molecule has 1 fully saturated rings. The minimum absolute atomic E-state index is 0.177. The van der Waals surface area contributed by atoms with Gasteiger partial charge < -0.3 is 4.74 Å². The largest absolute Gasteiger partial charge is 0.462 e. The Labute approximate surface area is 141 Å². The van der Waals surface area contributed by atoms with Crippen LogP contribution in [0.4, 0.5) is 5.69 Å². The van der Waals surface area contributed by atoms with Gasteiger partial charge in [0.25, 0.3) is 0 Å². The molecular formula is C18H19NO4S. The minimum Gasteiger partial charge on any atom is -0.462 e. The van der Waals surface area contributed by atoms with E-state index < -0.39 is 16.0 Å². The Bertz CT molecular complexity index is 801. The molecular weight excluding hydrogens is 326 g/mol. The molecule has 1 aliphatic heterocycles. The molecule has 0 atom stereocenters. The zero-order chi connectivity index (χ0) is 17.0. The molecule has 0 radical (unpaired) electrons. The molecule has 0 aliphatic carbocycles. The second-order valence-electron chi connectivity index (χ2n) is 5.66. The number of sulfonamides is 1. The van der Waals surface area contributed by atoms with Gasteiger partial charge in [-0.3, -0.25) is 4.31 Å². The van der Waals surface area contributed by atoms with Crippen molar-refractivity contribution >= 4 is 21.7 Å². The number of anilines is 1. The molecule has 0 bridgehead atoms. The molecule has 1 aliphatic rings. The first-order valence-electron chi connectivity index (χ1n) is 7.88. The van der Waals surface area contributed by atoms with Crippen LogP contribution in [0.15, 0.2) is 54.6 Å². The molecule has 3 rings (SSSR count). The zero-order valence-electron chi connectivity index (χ0n) is 13.2. The Balaban J connectivity index is 1.58. The molecule has 0 aromatic heterocycles. The van der Waals surface area contributed by atoms with E-state index in [0.29, 0.717) is 37.2 Å². The average Bonchev–Trinajstić information content (AvgIpc) is 2.95. The molecule has 0 N–H and O–H groups in total. The van der Waals surface area contributed by atoms with E-state index in [4.69, 9.17) is 4.74 Å². The van der Waals surface area contributed by atoms with E-state index in [1.54, 1.807) is 24.3 Å². The number of hydrogen-bond acceptors (Lipinski definition) is 4. The van der Waals surface area contributed by atoms with Gasteiger partial charge in [-0.15, -0.1) is 0 Å². The SMILES string of the molecule is O=C(OCCc1ccccc1)c1ccc(N2CCCS2(=O)=O)cc1. The Morgan fingerprint density at radius 3 is 2.38 bits per heavy atom. The third kappa shape index (κ3) is 3.76. The molecule has 0 spiro atoms. The number of nitrogens with zero attached hydrogens (tertiary/aromatic N) is 1. The Kier molecular flexibility index (Phi) is 4.85. The van der Waals surface area contributed by atoms with Gasteiger partial charge in [0.1, 0.15) is 0 Å². The fourth-order valence-corrected chi connectivity index (χ4v) is 4.25. The molecule has 5 nitrogen and oxygen atoms in total. The first-order valence-corrected chi connectivity index (χ1v) is 9.49. The summed E-state index contributed by atoms with van der Waals surface area (Å²) in [6.45, 7) is 0.800. The van der Waals surface area contributed by atoms with Gasteiger partial charge in [0.2, 0.25) is 10.0 Å². The lowest BCUT2D eigenvalue weighted by Gasteiger charge is -2.16. The molecule has 24 heavy (non-hydrogen) atoms. The number of hydrogen-bond donors (Lipinski definition) is 0. The summed E-state index contributed by atoms with van der Waals surface area (Å²) in [4.78, 5) is 12.0. The van der Waals surface area contributed by atoms with Crippen molar-refractivity contribution in [2.75, 3.05) is 23.2 Å². The van der Waals surface area contributed by atoms with E-state index in [9.17, 15) is 13.2 Å². The van der Waals surface area contributed by atoms with Crippen LogP contribution in [0.3, 0.4) is 0 Å². The van der Waals surface area contributed by atoms with Crippen LogP contribution in [-0.2, 0) is 21.2 Å². The van der Waals surface area contributed by atoms with E-state index in [2.05, 4.69) is 0 Å². The van der Waals surface area contributed by atoms with Crippen molar-refractivity contribution in [3.8, 4) is 0 Å². The van der Waals surface area contributed by atoms with Crippen molar-refractivity contribution < 1.29 is 17.9 Å². The molecule has 2 aromatic rings. The summed E-state index contributed by atoms with van der Waals surface area (Å²) < 4.78 is 30.4. The van der Waals surface area contributed by atoms with Crippen molar-refractivity contribution in [2.45, 2.75) is 12.8 Å². The summed E-state index contributed by atoms with van der Waals surface area (Å²) >= 11 is 0. The highest BCUT2D eigenvalue weighted by Gasteiger charge is 2.28. The zero-order valence-corrected chi connectivity index (χ0v) is 14.0. The predicted octanol–water partition coefficient (Wildman–Crippen LogP) is 2.63. The van der Waals surface area contributed by atoms with Crippen LogP contribution < -0.4 is 4.31 Å². The van der Waals surface area contributed by atoms with Crippen LogP contribution in [0.5, 0.6) is 0 Å². The van der Waals surface area contributed by atoms with Gasteiger partial charge in [-0.05, 0) is 36.2 Å². The van der Waals surface area contributed by atoms with Crippen molar-refractivity contribution in [2.24, 2.45) is 0 Å². The summed E-state index contributed by atoms with van der Waals surface area (Å²) in [6, 6.07) is 16.3. The third-order valence-corrected chi connectivity index (χ3v) is 5.83. The van der Waals surface area contributed by atoms with Crippen molar-refractivity contribution in [1.29, 1.82) is 0 Å². The Morgan fingerprint density at radius 2 is 1.75 bits per heavy atom. The normalized spacial score (nSPS) is 16.1. The first kappa shape index (κ1) is 16.5. The number of benzene rings is 2. The van der Waals surface area contributed by atoms with E-state index in [1.165, 1.54) is 4.31 Å². The smallest absolute Gasteiger partial charge is 0.338 e. The molecule has 6 heteroatoms. The van der Waals surface area contributed by atoms with Gasteiger partial charge in [-0.25, -0.2) is 13.2 Å². The van der Waals surface area contributed by atoms with E-state index in [0.717, 1.165) is 5.56 Å². The molecule has 0 unspecified atom stereocenters. The molecule has 0 amide bonds. The van der Waals surface area contributed by atoms with Crippen molar-refractivity contribution in [1.82, 2.24) is 0 Å². The minimum atomic E-state index is -3.20. The average molecular weight is 345 g/mol. The summed E-state index contributed by atoms with van der Waals surface area (Å²) in [6.07, 6.45) is 1.29. The molecule has 2 aromatic carbocycles. The van der Waals surface area contributed by atoms with Gasteiger partial charge in [-0.2, -0.15) is 0 Å². The van der Waals surface area contributed by atoms with Gasteiger partial charge in [-0.1, -0.05) is 30.3 Å². The first-order chi connectivity index (χ1) is 11.6. The maximum Gasteiger partial charge on any atom is 0.338 e. The highest BCUT2D eigenvalue weighted by atomic mass is 32.2. The highest BCUT2D eigenvalue weighted by Crippen LogP contribution is 2.24. The third-order valence-electron chi connectivity index (χ3n) is 3.96. The lowest BCUT2D eigenvalue weighted by atomic mass is 10.2. The lowest BCUT2D eigenvalue weighted by molar-refractivity contribution is 0.0509. The van der Waals surface area contributed by atoms with Crippen LogP contribution in [-0.4, -0.2) is 33.3 Å². The topological polar surface area (TPSA) is 63.7 Å². The van der Waals surface area contributed by atoms with Gasteiger partial charge in [0.05, 0.1) is 23.6 Å². The number of esters is 1. The number of ether oxygens (including phenoxy) is 1. The van der Waals surface area contributed by atoms with E-state index in [1.807, 2.05) is 30.3 Å². The van der Waals surface area contributed by atoms with Crippen LogP contribution in [0.1, 0.15) is 22.3 Å². The van der Waals surface area contributed by atoms with E-state index in [-0.39, 0.29) is 5.75 Å². The second-order valence-corrected chi connectivity index (χ2v) is 7.67. The van der Waals surface area contributed by atoms with E-state index >= 15 is 0 Å². The van der Waals surface area contributed by atoms with Crippen molar-refractivity contribution in [3.05, 3.63) is 65.7 Å². The van der Waals surface area contributed by atoms with Crippen LogP contribution in [0.25, 0.3) is 0 Å². The van der Waals surface area contributed by atoms with Crippen LogP contribution in [0.2, 0.25) is 0 Å². The van der Waals surface area contributed by atoms with Gasteiger partial charge in [0.15, 0.2) is 0 Å². The van der Waals surface area contributed by atoms with Crippen LogP contribution in [0, 0.1) is 0 Å². The molecule has 0 saturated carbocycles. The van der Waals surface area contributed by atoms with Gasteiger partial charge >= 0.3 is 5.97 Å². The maximum atomic E-state index is 12.0. The van der Waals surface area contributed by atoms with Crippen molar-refractivity contribution in [3.63, 3.8) is 0 Å². The molecule has 126 valence electrons. The monoisotopic (exact) mass is 345 g/mol. The summed E-state index contributed by atoms with van der Waals surface area (Å²) in [7, 11) is -3.20. The lowest BCUT2D eigenvalue weighted by Crippen LogP contribution is -2.25. The number of carbonyl (C=O) groups excluding carboxylic acids is 1.